The number of halogens is 3. The number of hydrogen-bond acceptors (Lipinski definition) is 2. The highest BCUT2D eigenvalue weighted by Gasteiger charge is 2.19. The summed E-state index contributed by atoms with van der Waals surface area (Å²) in [5.74, 6) is 0. The van der Waals surface area contributed by atoms with Crippen molar-refractivity contribution in [3.05, 3.63) is 28.8 Å². The normalized spacial score (nSPS) is 12.1. The van der Waals surface area contributed by atoms with Gasteiger partial charge in [0.1, 0.15) is 4.84 Å². The SMILES string of the molecule is O=S(=O)(O)c1ccc(Cl)cc1C(Cl)Cl. The van der Waals surface area contributed by atoms with Gasteiger partial charge in [0.25, 0.3) is 10.1 Å². The Morgan fingerprint density at radius 2 is 1.86 bits per heavy atom. The quantitative estimate of drug-likeness (QED) is 0.666. The monoisotopic (exact) mass is 274 g/mol. The van der Waals surface area contributed by atoms with Gasteiger partial charge in [0.15, 0.2) is 0 Å². The average Bonchev–Trinajstić information content (AvgIpc) is 2.01. The van der Waals surface area contributed by atoms with E-state index in [1.807, 2.05) is 0 Å². The molecule has 1 rings (SSSR count). The van der Waals surface area contributed by atoms with Crippen molar-refractivity contribution in [3.63, 3.8) is 0 Å². The lowest BCUT2D eigenvalue weighted by molar-refractivity contribution is 0.482. The Hall–Kier alpha value is -0.000000000000000111. The molecule has 1 N–H and O–H groups in total. The molecule has 0 atom stereocenters. The highest BCUT2D eigenvalue weighted by molar-refractivity contribution is 7.85. The van der Waals surface area contributed by atoms with Crippen LogP contribution in [0.15, 0.2) is 23.1 Å². The van der Waals surface area contributed by atoms with Gasteiger partial charge in [0.05, 0.1) is 4.90 Å². The van der Waals surface area contributed by atoms with Crippen LogP contribution in [0.25, 0.3) is 0 Å². The molecule has 1 aromatic rings. The first-order valence-electron chi connectivity index (χ1n) is 3.37. The number of hydrogen-bond donors (Lipinski definition) is 1. The third kappa shape index (κ3) is 2.74. The topological polar surface area (TPSA) is 54.4 Å². The molecule has 0 spiro atoms. The van der Waals surface area contributed by atoms with Crippen LogP contribution in [0.1, 0.15) is 10.4 Å². The maximum Gasteiger partial charge on any atom is 0.294 e. The smallest absolute Gasteiger partial charge is 0.282 e. The van der Waals surface area contributed by atoms with Gasteiger partial charge in [0, 0.05) is 10.6 Å². The summed E-state index contributed by atoms with van der Waals surface area (Å²) in [4.78, 5) is -1.40. The van der Waals surface area contributed by atoms with E-state index in [-0.39, 0.29) is 10.5 Å². The average molecular weight is 276 g/mol. The fourth-order valence-corrected chi connectivity index (χ4v) is 2.31. The van der Waals surface area contributed by atoms with Crippen LogP contribution in [0.4, 0.5) is 0 Å². The summed E-state index contributed by atoms with van der Waals surface area (Å²) in [5, 5.41) is 0.290. The van der Waals surface area contributed by atoms with Crippen LogP contribution in [0.3, 0.4) is 0 Å². The second-order valence-electron chi connectivity index (χ2n) is 2.46. The molecule has 0 saturated heterocycles. The lowest BCUT2D eigenvalue weighted by Crippen LogP contribution is -2.02. The molecule has 0 radical (unpaired) electrons. The van der Waals surface area contributed by atoms with E-state index in [1.54, 1.807) is 0 Å². The molecule has 1 aromatic carbocycles. The summed E-state index contributed by atoms with van der Waals surface area (Å²) < 4.78 is 30.6. The van der Waals surface area contributed by atoms with E-state index in [9.17, 15) is 8.42 Å². The molecule has 0 bridgehead atoms. The molecule has 0 aliphatic heterocycles. The van der Waals surface area contributed by atoms with E-state index < -0.39 is 15.0 Å². The standard InChI is InChI=1S/C7H5Cl3O3S/c8-4-1-2-6(14(11,12)13)5(3-4)7(9)10/h1-3,7H,(H,11,12,13). The van der Waals surface area contributed by atoms with Crippen LogP contribution in [0, 0.1) is 0 Å². The zero-order chi connectivity index (χ0) is 10.9. The Balaban J connectivity index is 3.45. The minimum Gasteiger partial charge on any atom is -0.282 e. The highest BCUT2D eigenvalue weighted by Crippen LogP contribution is 2.32. The van der Waals surface area contributed by atoms with Gasteiger partial charge in [-0.05, 0) is 18.2 Å². The van der Waals surface area contributed by atoms with Crippen molar-refractivity contribution in [1.82, 2.24) is 0 Å². The predicted molar refractivity (Wildman–Crippen MR) is 55.7 cm³/mol. The second kappa shape index (κ2) is 4.24. The van der Waals surface area contributed by atoms with Gasteiger partial charge in [-0.15, -0.1) is 23.2 Å². The van der Waals surface area contributed by atoms with Crippen LogP contribution >= 0.6 is 34.8 Å². The molecular formula is C7H5Cl3O3S. The summed E-state index contributed by atoms with van der Waals surface area (Å²) in [5.41, 5.74) is 0.0586. The van der Waals surface area contributed by atoms with Gasteiger partial charge in [-0.1, -0.05) is 11.6 Å². The molecule has 78 valence electrons. The van der Waals surface area contributed by atoms with Gasteiger partial charge in [-0.25, -0.2) is 0 Å². The molecule has 0 saturated carbocycles. The van der Waals surface area contributed by atoms with E-state index >= 15 is 0 Å². The van der Waals surface area contributed by atoms with Crippen LogP contribution in [-0.4, -0.2) is 13.0 Å². The van der Waals surface area contributed by atoms with Crippen molar-refractivity contribution in [2.45, 2.75) is 9.73 Å². The molecule has 0 fully saturated rings. The van der Waals surface area contributed by atoms with Crippen LogP contribution in [-0.2, 0) is 10.1 Å². The van der Waals surface area contributed by atoms with Gasteiger partial charge in [-0.3, -0.25) is 4.55 Å². The van der Waals surface area contributed by atoms with Crippen molar-refractivity contribution in [2.24, 2.45) is 0 Å². The highest BCUT2D eigenvalue weighted by atomic mass is 35.5. The first-order valence-corrected chi connectivity index (χ1v) is 6.06. The second-order valence-corrected chi connectivity index (χ2v) is 5.38. The Morgan fingerprint density at radius 3 is 2.29 bits per heavy atom. The van der Waals surface area contributed by atoms with Crippen molar-refractivity contribution in [2.75, 3.05) is 0 Å². The third-order valence-electron chi connectivity index (χ3n) is 1.48. The summed E-state index contributed by atoms with van der Waals surface area (Å²) in [7, 11) is -4.32. The molecule has 7 heteroatoms. The van der Waals surface area contributed by atoms with E-state index in [0.29, 0.717) is 5.02 Å². The number of benzene rings is 1. The Labute approximate surface area is 96.3 Å². The van der Waals surface area contributed by atoms with E-state index in [0.717, 1.165) is 6.07 Å². The molecular weight excluding hydrogens is 270 g/mol. The summed E-state index contributed by atoms with van der Waals surface area (Å²) in [6, 6.07) is 3.75. The Morgan fingerprint density at radius 1 is 1.29 bits per heavy atom. The zero-order valence-corrected chi connectivity index (χ0v) is 9.70. The van der Waals surface area contributed by atoms with Crippen molar-refractivity contribution in [1.29, 1.82) is 0 Å². The minimum absolute atomic E-state index is 0.0586. The van der Waals surface area contributed by atoms with Crippen LogP contribution in [0.5, 0.6) is 0 Å². The molecule has 0 heterocycles. The van der Waals surface area contributed by atoms with Gasteiger partial charge < -0.3 is 0 Å². The zero-order valence-electron chi connectivity index (χ0n) is 6.62. The van der Waals surface area contributed by atoms with Crippen molar-refractivity contribution < 1.29 is 13.0 Å². The fourth-order valence-electron chi connectivity index (χ4n) is 0.925. The van der Waals surface area contributed by atoms with Crippen LogP contribution in [0.2, 0.25) is 5.02 Å². The first kappa shape index (κ1) is 12.1. The van der Waals surface area contributed by atoms with E-state index in [1.165, 1.54) is 12.1 Å². The summed E-state index contributed by atoms with van der Waals surface area (Å²) >= 11 is 16.7. The minimum atomic E-state index is -4.32. The number of rotatable bonds is 2. The fraction of sp³-hybridized carbons (Fsp3) is 0.143. The Bertz CT molecular complexity index is 441. The first-order chi connectivity index (χ1) is 6.32. The maximum atomic E-state index is 10.9. The van der Waals surface area contributed by atoms with Crippen molar-refractivity contribution in [3.8, 4) is 0 Å². The molecule has 0 aliphatic carbocycles. The predicted octanol–water partition coefficient (Wildman–Crippen LogP) is 3.06. The van der Waals surface area contributed by atoms with E-state index in [2.05, 4.69) is 0 Å². The molecule has 3 nitrogen and oxygen atoms in total. The molecule has 0 aromatic heterocycles. The van der Waals surface area contributed by atoms with Gasteiger partial charge >= 0.3 is 0 Å². The summed E-state index contributed by atoms with van der Waals surface area (Å²) in [6.45, 7) is 0. The van der Waals surface area contributed by atoms with E-state index in [4.69, 9.17) is 39.4 Å². The molecule has 0 amide bonds. The molecule has 0 unspecified atom stereocenters. The lowest BCUT2D eigenvalue weighted by Gasteiger charge is -2.07. The van der Waals surface area contributed by atoms with Gasteiger partial charge in [0.2, 0.25) is 0 Å². The van der Waals surface area contributed by atoms with Gasteiger partial charge in [-0.2, -0.15) is 8.42 Å². The third-order valence-corrected chi connectivity index (χ3v) is 3.12. The van der Waals surface area contributed by atoms with Crippen molar-refractivity contribution >= 4 is 44.9 Å². The maximum absolute atomic E-state index is 10.9. The molecule has 14 heavy (non-hydrogen) atoms. The number of alkyl halides is 2. The Kier molecular flexibility index (Phi) is 3.66. The van der Waals surface area contributed by atoms with Crippen LogP contribution < -0.4 is 0 Å². The lowest BCUT2D eigenvalue weighted by atomic mass is 10.2. The molecule has 0 aliphatic rings. The largest absolute Gasteiger partial charge is 0.294 e. The summed E-state index contributed by atoms with van der Waals surface area (Å²) in [6.07, 6.45) is 0.